The summed E-state index contributed by atoms with van der Waals surface area (Å²) < 4.78 is 72.3. The van der Waals surface area contributed by atoms with Crippen LogP contribution in [0.25, 0.3) is 0 Å². The number of hydrogen-bond donors (Lipinski definition) is 2. The van der Waals surface area contributed by atoms with Crippen LogP contribution < -0.4 is 14.8 Å². The molecule has 0 aromatic heterocycles. The van der Waals surface area contributed by atoms with Gasteiger partial charge in [-0.1, -0.05) is 32.0 Å². The first-order valence-electron chi connectivity index (χ1n) is 9.27. The maximum absolute atomic E-state index is 12.5. The highest BCUT2D eigenvalue weighted by Crippen LogP contribution is 2.24. The number of rotatable bonds is 9. The number of halogens is 3. The smallest absolute Gasteiger partial charge is 0.454 e. The highest BCUT2D eigenvalue weighted by molar-refractivity contribution is 7.89. The van der Waals surface area contributed by atoms with Gasteiger partial charge in [0.05, 0.1) is 4.90 Å². The second kappa shape index (κ2) is 10.5. The van der Waals surface area contributed by atoms with Gasteiger partial charge in [-0.25, -0.2) is 8.42 Å². The molecular weight excluding hydrogens is 453 g/mol. The average Bonchev–Trinajstić information content (AvgIpc) is 2.71. The van der Waals surface area contributed by atoms with Gasteiger partial charge in [0.1, 0.15) is 11.8 Å². The predicted octanol–water partition coefficient (Wildman–Crippen LogP) is 3.07. The molecule has 0 unspecified atom stereocenters. The van der Waals surface area contributed by atoms with Crippen molar-refractivity contribution in [2.75, 3.05) is 11.9 Å². The lowest BCUT2D eigenvalue weighted by Gasteiger charge is -2.20. The van der Waals surface area contributed by atoms with Gasteiger partial charge in [-0.2, -0.15) is 4.72 Å². The van der Waals surface area contributed by atoms with Gasteiger partial charge in [-0.15, -0.1) is 13.2 Å². The van der Waals surface area contributed by atoms with Crippen molar-refractivity contribution in [3.8, 4) is 5.75 Å². The molecule has 0 aliphatic carbocycles. The summed E-state index contributed by atoms with van der Waals surface area (Å²) in [7, 11) is -4.00. The highest BCUT2D eigenvalue weighted by atomic mass is 32.2. The summed E-state index contributed by atoms with van der Waals surface area (Å²) in [5.41, 5.74) is 0.144. The van der Waals surface area contributed by atoms with E-state index in [1.807, 2.05) is 0 Å². The van der Waals surface area contributed by atoms with Crippen LogP contribution in [0.1, 0.15) is 13.8 Å². The zero-order chi connectivity index (χ0) is 23.9. The molecule has 32 heavy (non-hydrogen) atoms. The Morgan fingerprint density at radius 3 is 2.12 bits per heavy atom. The summed E-state index contributed by atoms with van der Waals surface area (Å²) in [6, 6.07) is 10.5. The van der Waals surface area contributed by atoms with Crippen molar-refractivity contribution >= 4 is 27.6 Å². The third-order valence-corrected chi connectivity index (χ3v) is 5.43. The van der Waals surface area contributed by atoms with Crippen LogP contribution in [0.4, 0.5) is 18.9 Å². The first kappa shape index (κ1) is 25.1. The lowest BCUT2D eigenvalue weighted by Crippen LogP contribution is -2.45. The Morgan fingerprint density at radius 2 is 1.59 bits per heavy atom. The minimum atomic E-state index is -4.84. The molecule has 2 aromatic rings. The molecule has 2 rings (SSSR count). The van der Waals surface area contributed by atoms with Crippen LogP contribution >= 0.6 is 0 Å². The van der Waals surface area contributed by atoms with Crippen molar-refractivity contribution < 1.29 is 40.7 Å². The Bertz CT molecular complexity index is 1030. The largest absolute Gasteiger partial charge is 0.573 e. The topological polar surface area (TPSA) is 111 Å². The Kier molecular flexibility index (Phi) is 8.22. The summed E-state index contributed by atoms with van der Waals surface area (Å²) in [5.74, 6) is -2.67. The molecule has 2 aromatic carbocycles. The van der Waals surface area contributed by atoms with Crippen molar-refractivity contribution in [3.05, 3.63) is 54.6 Å². The molecule has 1 atom stereocenters. The molecule has 0 aliphatic heterocycles. The third-order valence-electron chi connectivity index (χ3n) is 3.97. The van der Waals surface area contributed by atoms with E-state index in [9.17, 15) is 31.2 Å². The fraction of sp³-hybridized carbons (Fsp3) is 0.300. The van der Waals surface area contributed by atoms with Crippen LogP contribution in [0.15, 0.2) is 59.5 Å². The van der Waals surface area contributed by atoms with Crippen LogP contribution in [0.3, 0.4) is 0 Å². The summed E-state index contributed by atoms with van der Waals surface area (Å²) in [5, 5.41) is 2.34. The van der Waals surface area contributed by atoms with Crippen LogP contribution in [0.5, 0.6) is 5.75 Å². The average molecular weight is 474 g/mol. The second-order valence-corrected chi connectivity index (χ2v) is 8.60. The molecule has 1 amide bonds. The van der Waals surface area contributed by atoms with Crippen LogP contribution in [0, 0.1) is 5.92 Å². The maximum Gasteiger partial charge on any atom is 0.573 e. The molecule has 0 fully saturated rings. The zero-order valence-electron chi connectivity index (χ0n) is 17.0. The molecule has 0 saturated carbocycles. The van der Waals surface area contributed by atoms with Gasteiger partial charge >= 0.3 is 12.3 Å². The van der Waals surface area contributed by atoms with E-state index < -0.39 is 52.6 Å². The molecule has 0 spiro atoms. The number of ether oxygens (including phenoxy) is 2. The number of amides is 1. The van der Waals surface area contributed by atoms with E-state index in [1.165, 1.54) is 36.4 Å². The van der Waals surface area contributed by atoms with Crippen LogP contribution in [0.2, 0.25) is 0 Å². The van der Waals surface area contributed by atoms with Gasteiger partial charge in [0.2, 0.25) is 10.0 Å². The Hall–Kier alpha value is -3.12. The van der Waals surface area contributed by atoms with Gasteiger partial charge < -0.3 is 14.8 Å². The van der Waals surface area contributed by atoms with Crippen molar-refractivity contribution in [1.29, 1.82) is 0 Å². The minimum absolute atomic E-state index is 0.0332. The number of hydrogen-bond acceptors (Lipinski definition) is 6. The van der Waals surface area contributed by atoms with Crippen LogP contribution in [-0.2, 0) is 24.3 Å². The monoisotopic (exact) mass is 474 g/mol. The van der Waals surface area contributed by atoms with Crippen molar-refractivity contribution in [2.45, 2.75) is 31.1 Å². The third kappa shape index (κ3) is 7.85. The number of carbonyl (C=O) groups excluding carboxylic acids is 2. The number of sulfonamides is 1. The molecule has 8 nitrogen and oxygen atoms in total. The summed E-state index contributed by atoms with van der Waals surface area (Å²) >= 11 is 0. The second-order valence-electron chi connectivity index (χ2n) is 6.88. The summed E-state index contributed by atoms with van der Waals surface area (Å²) in [6.45, 7) is 2.48. The number of nitrogens with one attached hydrogen (secondary N) is 2. The predicted molar refractivity (Wildman–Crippen MR) is 108 cm³/mol. The molecule has 0 bridgehead atoms. The van der Waals surface area contributed by atoms with E-state index >= 15 is 0 Å². The van der Waals surface area contributed by atoms with Gasteiger partial charge in [0, 0.05) is 5.69 Å². The number of esters is 1. The molecular formula is C20H21F3N2O6S. The van der Waals surface area contributed by atoms with E-state index in [1.54, 1.807) is 19.9 Å². The van der Waals surface area contributed by atoms with E-state index in [0.29, 0.717) is 0 Å². The molecule has 0 saturated heterocycles. The lowest BCUT2D eigenvalue weighted by atomic mass is 10.1. The Morgan fingerprint density at radius 1 is 1.00 bits per heavy atom. The summed E-state index contributed by atoms with van der Waals surface area (Å²) in [6.07, 6.45) is -4.84. The normalized spacial score (nSPS) is 12.8. The molecule has 0 radical (unpaired) electrons. The number of alkyl halides is 3. The quantitative estimate of drug-likeness (QED) is 0.541. The van der Waals surface area contributed by atoms with E-state index in [-0.39, 0.29) is 10.6 Å². The summed E-state index contributed by atoms with van der Waals surface area (Å²) in [4.78, 5) is 24.3. The zero-order valence-corrected chi connectivity index (χ0v) is 17.9. The number of carbonyl (C=O) groups is 2. The van der Waals surface area contributed by atoms with Gasteiger partial charge in [-0.3, -0.25) is 9.59 Å². The van der Waals surface area contributed by atoms with E-state index in [4.69, 9.17) is 4.74 Å². The Labute approximate surface area is 182 Å². The number of benzene rings is 2. The van der Waals surface area contributed by atoms with Gasteiger partial charge in [0.15, 0.2) is 6.61 Å². The van der Waals surface area contributed by atoms with E-state index in [2.05, 4.69) is 14.8 Å². The lowest BCUT2D eigenvalue weighted by molar-refractivity contribution is -0.274. The maximum atomic E-state index is 12.5. The molecule has 0 aliphatic rings. The molecule has 0 heterocycles. The SMILES string of the molecule is CC(C)[C@H](NS(=O)(=O)c1ccccc1)C(=O)OCC(=O)Nc1ccc(OC(F)(F)F)cc1. The molecule has 2 N–H and O–H groups in total. The molecule has 12 heteroatoms. The Balaban J connectivity index is 1.93. The first-order valence-corrected chi connectivity index (χ1v) is 10.8. The number of anilines is 1. The minimum Gasteiger partial charge on any atom is -0.454 e. The fourth-order valence-electron chi connectivity index (χ4n) is 2.45. The van der Waals surface area contributed by atoms with E-state index in [0.717, 1.165) is 12.1 Å². The molecule has 174 valence electrons. The first-order chi connectivity index (χ1) is 14.9. The standard InChI is InChI=1S/C20H21F3N2O6S/c1-13(2)18(25-32(28,29)16-6-4-3-5-7-16)19(27)30-12-17(26)24-14-8-10-15(11-9-14)31-20(21,22)23/h3-11,13,18,25H,12H2,1-2H3,(H,24,26)/t18-/m0/s1. The fourth-order valence-corrected chi connectivity index (χ4v) is 3.81. The van der Waals surface area contributed by atoms with Crippen molar-refractivity contribution in [2.24, 2.45) is 5.92 Å². The van der Waals surface area contributed by atoms with Crippen molar-refractivity contribution in [3.63, 3.8) is 0 Å². The van der Waals surface area contributed by atoms with Gasteiger partial charge in [0.25, 0.3) is 5.91 Å². The van der Waals surface area contributed by atoms with Gasteiger partial charge in [-0.05, 0) is 42.3 Å². The van der Waals surface area contributed by atoms with Crippen LogP contribution in [-0.4, -0.2) is 39.3 Å². The van der Waals surface area contributed by atoms with Crippen molar-refractivity contribution in [1.82, 2.24) is 4.72 Å². The highest BCUT2D eigenvalue weighted by Gasteiger charge is 2.31.